The van der Waals surface area contributed by atoms with Crippen LogP contribution in [-0.4, -0.2) is 37.7 Å². The molecule has 0 aliphatic heterocycles. The van der Waals surface area contributed by atoms with E-state index in [-0.39, 0.29) is 11.6 Å². The summed E-state index contributed by atoms with van der Waals surface area (Å²) in [5.41, 5.74) is 6.89. The monoisotopic (exact) mass is 270 g/mol. The van der Waals surface area contributed by atoms with Gasteiger partial charge in [-0.2, -0.15) is 0 Å². The van der Waals surface area contributed by atoms with Gasteiger partial charge in [0.2, 0.25) is 0 Å². The molecule has 0 aliphatic carbocycles. The summed E-state index contributed by atoms with van der Waals surface area (Å²) in [6.45, 7) is 5.40. The van der Waals surface area contributed by atoms with Crippen molar-refractivity contribution in [2.75, 3.05) is 27.3 Å². The van der Waals surface area contributed by atoms with Crippen LogP contribution in [0.4, 0.5) is 0 Å². The SMILES string of the molecule is COCC(C)(CN)N(C)C(C)c1cccc(Cl)c1. The smallest absolute Gasteiger partial charge is 0.0656 e. The lowest BCUT2D eigenvalue weighted by Gasteiger charge is -2.41. The second-order valence-electron chi connectivity index (χ2n) is 4.98. The van der Waals surface area contributed by atoms with Crippen molar-refractivity contribution in [3.05, 3.63) is 34.9 Å². The third kappa shape index (κ3) is 3.45. The highest BCUT2D eigenvalue weighted by molar-refractivity contribution is 6.30. The minimum atomic E-state index is -0.184. The quantitative estimate of drug-likeness (QED) is 0.864. The predicted octanol–water partition coefficient (Wildman–Crippen LogP) is 2.70. The van der Waals surface area contributed by atoms with Crippen LogP contribution in [0.15, 0.2) is 24.3 Å². The molecule has 4 heteroatoms. The summed E-state index contributed by atoms with van der Waals surface area (Å²) in [6, 6.07) is 8.16. The first-order chi connectivity index (χ1) is 8.44. The maximum Gasteiger partial charge on any atom is 0.0656 e. The molecule has 0 bridgehead atoms. The van der Waals surface area contributed by atoms with Gasteiger partial charge in [-0.1, -0.05) is 23.7 Å². The van der Waals surface area contributed by atoms with E-state index in [1.165, 1.54) is 5.56 Å². The zero-order valence-electron chi connectivity index (χ0n) is 11.6. The fourth-order valence-corrected chi connectivity index (χ4v) is 2.27. The van der Waals surface area contributed by atoms with Crippen molar-refractivity contribution in [1.29, 1.82) is 0 Å². The van der Waals surface area contributed by atoms with Crippen molar-refractivity contribution in [2.24, 2.45) is 5.73 Å². The zero-order valence-corrected chi connectivity index (χ0v) is 12.4. The van der Waals surface area contributed by atoms with Crippen molar-refractivity contribution in [1.82, 2.24) is 4.90 Å². The van der Waals surface area contributed by atoms with Gasteiger partial charge >= 0.3 is 0 Å². The maximum atomic E-state index is 6.04. The number of likely N-dealkylation sites (N-methyl/N-ethyl adjacent to an activating group) is 1. The Labute approximate surface area is 115 Å². The molecule has 0 spiro atoms. The van der Waals surface area contributed by atoms with Crippen LogP contribution >= 0.6 is 11.6 Å². The first-order valence-corrected chi connectivity index (χ1v) is 6.50. The molecule has 18 heavy (non-hydrogen) atoms. The summed E-state index contributed by atoms with van der Waals surface area (Å²) < 4.78 is 5.28. The molecule has 2 N–H and O–H groups in total. The molecule has 0 radical (unpaired) electrons. The number of hydrogen-bond donors (Lipinski definition) is 1. The molecule has 2 atom stereocenters. The third-order valence-electron chi connectivity index (χ3n) is 3.66. The topological polar surface area (TPSA) is 38.5 Å². The maximum absolute atomic E-state index is 6.04. The Balaban J connectivity index is 2.91. The molecular weight excluding hydrogens is 248 g/mol. The van der Waals surface area contributed by atoms with E-state index in [1.54, 1.807) is 7.11 Å². The number of hydrogen-bond acceptors (Lipinski definition) is 3. The van der Waals surface area contributed by atoms with Gasteiger partial charge in [0.1, 0.15) is 0 Å². The average molecular weight is 271 g/mol. The van der Waals surface area contributed by atoms with E-state index < -0.39 is 0 Å². The first-order valence-electron chi connectivity index (χ1n) is 6.12. The average Bonchev–Trinajstić information content (AvgIpc) is 2.37. The summed E-state index contributed by atoms with van der Waals surface area (Å²) in [5, 5.41) is 0.758. The van der Waals surface area contributed by atoms with E-state index in [4.69, 9.17) is 22.1 Å². The first kappa shape index (κ1) is 15.4. The molecule has 0 aliphatic rings. The Morgan fingerprint density at radius 1 is 1.50 bits per heavy atom. The van der Waals surface area contributed by atoms with Crippen LogP contribution in [0.3, 0.4) is 0 Å². The molecule has 0 saturated carbocycles. The number of ether oxygens (including phenoxy) is 1. The highest BCUT2D eigenvalue weighted by Crippen LogP contribution is 2.27. The second kappa shape index (κ2) is 6.53. The number of halogens is 1. The van der Waals surface area contributed by atoms with Gasteiger partial charge in [-0.3, -0.25) is 4.90 Å². The van der Waals surface area contributed by atoms with Crippen LogP contribution in [0.25, 0.3) is 0 Å². The number of rotatable bonds is 6. The van der Waals surface area contributed by atoms with E-state index in [2.05, 4.69) is 31.9 Å². The number of nitrogens with zero attached hydrogens (tertiary/aromatic N) is 1. The van der Waals surface area contributed by atoms with Crippen LogP contribution in [0.2, 0.25) is 5.02 Å². The molecule has 1 aromatic rings. The van der Waals surface area contributed by atoms with Gasteiger partial charge in [-0.25, -0.2) is 0 Å². The zero-order chi connectivity index (χ0) is 13.8. The van der Waals surface area contributed by atoms with Gasteiger partial charge in [-0.15, -0.1) is 0 Å². The van der Waals surface area contributed by atoms with Gasteiger partial charge in [0, 0.05) is 24.7 Å². The molecule has 1 rings (SSSR count). The Bertz CT molecular complexity index is 386. The van der Waals surface area contributed by atoms with Crippen LogP contribution in [0.5, 0.6) is 0 Å². The largest absolute Gasteiger partial charge is 0.383 e. The van der Waals surface area contributed by atoms with Gasteiger partial charge in [-0.05, 0) is 38.6 Å². The molecule has 3 nitrogen and oxygen atoms in total. The minimum absolute atomic E-state index is 0.184. The molecule has 0 fully saturated rings. The lowest BCUT2D eigenvalue weighted by molar-refractivity contribution is 0.0213. The summed E-state index contributed by atoms with van der Waals surface area (Å²) in [4.78, 5) is 2.24. The van der Waals surface area contributed by atoms with E-state index >= 15 is 0 Å². The van der Waals surface area contributed by atoms with Crippen LogP contribution in [0, 0.1) is 0 Å². The normalized spacial score (nSPS) is 16.6. The van der Waals surface area contributed by atoms with Crippen LogP contribution < -0.4 is 5.73 Å². The van der Waals surface area contributed by atoms with Gasteiger partial charge < -0.3 is 10.5 Å². The third-order valence-corrected chi connectivity index (χ3v) is 3.89. The van der Waals surface area contributed by atoms with Crippen LogP contribution in [-0.2, 0) is 4.74 Å². The predicted molar refractivity (Wildman–Crippen MR) is 77.0 cm³/mol. The number of benzene rings is 1. The second-order valence-corrected chi connectivity index (χ2v) is 5.41. The number of methoxy groups -OCH3 is 1. The van der Waals surface area contributed by atoms with Crippen molar-refractivity contribution in [3.63, 3.8) is 0 Å². The van der Waals surface area contributed by atoms with Crippen molar-refractivity contribution < 1.29 is 4.74 Å². The van der Waals surface area contributed by atoms with Crippen molar-refractivity contribution >= 4 is 11.6 Å². The van der Waals surface area contributed by atoms with Gasteiger partial charge in [0.25, 0.3) is 0 Å². The molecular formula is C14H23ClN2O. The molecule has 0 aromatic heterocycles. The lowest BCUT2D eigenvalue weighted by Crippen LogP contribution is -2.53. The van der Waals surface area contributed by atoms with Crippen molar-refractivity contribution in [2.45, 2.75) is 25.4 Å². The standard InChI is InChI=1S/C14H23ClN2O/c1-11(12-6-5-7-13(15)8-12)17(3)14(2,9-16)10-18-4/h5-8,11H,9-10,16H2,1-4H3. The highest BCUT2D eigenvalue weighted by Gasteiger charge is 2.31. The van der Waals surface area contributed by atoms with E-state index in [0.29, 0.717) is 13.2 Å². The number of nitrogens with two attached hydrogens (primary N) is 1. The highest BCUT2D eigenvalue weighted by atomic mass is 35.5. The summed E-state index contributed by atoms with van der Waals surface area (Å²) >= 11 is 6.04. The molecule has 2 unspecified atom stereocenters. The van der Waals surface area contributed by atoms with Crippen molar-refractivity contribution in [3.8, 4) is 0 Å². The Hall–Kier alpha value is -0.610. The summed E-state index contributed by atoms with van der Waals surface area (Å²) in [7, 11) is 3.77. The Morgan fingerprint density at radius 3 is 2.67 bits per heavy atom. The fourth-order valence-electron chi connectivity index (χ4n) is 2.07. The Morgan fingerprint density at radius 2 is 2.17 bits per heavy atom. The van der Waals surface area contributed by atoms with E-state index in [1.807, 2.05) is 18.2 Å². The molecule has 1 aromatic carbocycles. The van der Waals surface area contributed by atoms with E-state index in [9.17, 15) is 0 Å². The van der Waals surface area contributed by atoms with Crippen LogP contribution in [0.1, 0.15) is 25.5 Å². The lowest BCUT2D eigenvalue weighted by atomic mass is 9.97. The van der Waals surface area contributed by atoms with E-state index in [0.717, 1.165) is 5.02 Å². The minimum Gasteiger partial charge on any atom is -0.383 e. The Kier molecular flexibility index (Phi) is 5.60. The summed E-state index contributed by atoms with van der Waals surface area (Å²) in [6.07, 6.45) is 0. The van der Waals surface area contributed by atoms with Gasteiger partial charge in [0.05, 0.1) is 12.1 Å². The summed E-state index contributed by atoms with van der Waals surface area (Å²) in [5.74, 6) is 0. The molecule has 0 heterocycles. The molecule has 102 valence electrons. The molecule has 0 saturated heterocycles. The molecule has 0 amide bonds. The van der Waals surface area contributed by atoms with Gasteiger partial charge in [0.15, 0.2) is 0 Å². The fraction of sp³-hybridized carbons (Fsp3) is 0.571.